The number of anilines is 1. The van der Waals surface area contributed by atoms with Crippen LogP contribution in [0.1, 0.15) is 13.8 Å². The number of benzene rings is 1. The van der Waals surface area contributed by atoms with E-state index in [1.165, 1.54) is 12.1 Å². The molecule has 0 saturated heterocycles. The molecule has 0 fully saturated rings. The number of phenols is 1. The summed E-state index contributed by atoms with van der Waals surface area (Å²) in [4.78, 5) is 21.2. The molecule has 0 aliphatic rings. The maximum Gasteiger partial charge on any atom is 0.161 e. The summed E-state index contributed by atoms with van der Waals surface area (Å²) in [6.45, 7) is 4.14. The molecule has 1 aromatic carbocycles. The summed E-state index contributed by atoms with van der Waals surface area (Å²) in [5.41, 5.74) is 6.10. The molecule has 0 spiro atoms. The zero-order valence-corrected chi connectivity index (χ0v) is 19.4. The van der Waals surface area contributed by atoms with Crippen LogP contribution in [0.2, 0.25) is 0 Å². The Labute approximate surface area is 204 Å². The van der Waals surface area contributed by atoms with Crippen molar-refractivity contribution < 1.29 is 9.50 Å². The van der Waals surface area contributed by atoms with Gasteiger partial charge in [-0.15, -0.1) is 0 Å². The number of rotatable bonds is 5. The van der Waals surface area contributed by atoms with E-state index in [4.69, 9.17) is 4.98 Å². The summed E-state index contributed by atoms with van der Waals surface area (Å²) in [7, 11) is 0. The molecule has 6 rings (SSSR count). The number of aromatic amines is 2. The van der Waals surface area contributed by atoms with E-state index >= 15 is 0 Å². The minimum atomic E-state index is -0.537. The van der Waals surface area contributed by atoms with Crippen molar-refractivity contribution in [2.75, 3.05) is 5.32 Å². The molecule has 9 nitrogen and oxygen atoms in total. The van der Waals surface area contributed by atoms with E-state index in [1.54, 1.807) is 30.9 Å². The lowest BCUT2D eigenvalue weighted by atomic mass is 10.1. The Morgan fingerprint density at radius 1 is 0.944 bits per heavy atom. The molecular weight excluding hydrogens is 459 g/mol. The third kappa shape index (κ3) is 3.88. The first-order chi connectivity index (χ1) is 17.4. The lowest BCUT2D eigenvalue weighted by molar-refractivity contribution is 0.469. The van der Waals surface area contributed by atoms with E-state index in [2.05, 4.69) is 49.3 Å². The van der Waals surface area contributed by atoms with Crippen LogP contribution in [-0.2, 0) is 0 Å². The third-order valence-electron chi connectivity index (χ3n) is 5.75. The topological polar surface area (TPSA) is 128 Å². The minimum absolute atomic E-state index is 0.162. The second kappa shape index (κ2) is 8.42. The zero-order valence-electron chi connectivity index (χ0n) is 19.4. The van der Waals surface area contributed by atoms with Crippen molar-refractivity contribution in [1.82, 2.24) is 35.1 Å². The fourth-order valence-electron chi connectivity index (χ4n) is 4.24. The van der Waals surface area contributed by atoms with E-state index in [1.807, 2.05) is 12.1 Å². The van der Waals surface area contributed by atoms with Crippen LogP contribution in [0.4, 0.5) is 10.1 Å². The molecule has 0 amide bonds. The predicted molar refractivity (Wildman–Crippen MR) is 136 cm³/mol. The van der Waals surface area contributed by atoms with Gasteiger partial charge < -0.3 is 15.4 Å². The second-order valence-electron chi connectivity index (χ2n) is 8.79. The molecule has 0 aliphatic carbocycles. The van der Waals surface area contributed by atoms with Crippen molar-refractivity contribution in [2.24, 2.45) is 0 Å². The average molecular weight is 481 g/mol. The number of aromatic hydroxyl groups is 1. The number of nitrogens with one attached hydrogen (secondary N) is 3. The average Bonchev–Trinajstić information content (AvgIpc) is 3.46. The van der Waals surface area contributed by atoms with Gasteiger partial charge in [0.2, 0.25) is 0 Å². The zero-order chi connectivity index (χ0) is 24.8. The SMILES string of the molecule is CC(C)Nc1cncc(-c2cnc3[nH]nc(-c4nc5c(-c6cc(O)cc(F)c6)ccnc5[nH]4)c3c2)c1. The molecule has 5 heterocycles. The van der Waals surface area contributed by atoms with Gasteiger partial charge in [0.15, 0.2) is 17.1 Å². The first-order valence-corrected chi connectivity index (χ1v) is 11.4. The van der Waals surface area contributed by atoms with Gasteiger partial charge in [-0.25, -0.2) is 19.3 Å². The molecule has 0 aliphatic heterocycles. The summed E-state index contributed by atoms with van der Waals surface area (Å²) in [5, 5.41) is 21.4. The van der Waals surface area contributed by atoms with Crippen LogP contribution in [0.25, 0.3) is 56.0 Å². The number of nitrogens with zero attached hydrogens (tertiary/aromatic N) is 5. The molecule has 4 N–H and O–H groups in total. The highest BCUT2D eigenvalue weighted by molar-refractivity contribution is 5.96. The highest BCUT2D eigenvalue weighted by Gasteiger charge is 2.17. The van der Waals surface area contributed by atoms with Gasteiger partial charge in [0.25, 0.3) is 0 Å². The molecule has 10 heteroatoms. The molecule has 0 atom stereocenters. The molecule has 6 aromatic rings. The minimum Gasteiger partial charge on any atom is -0.508 e. The third-order valence-corrected chi connectivity index (χ3v) is 5.75. The Morgan fingerprint density at radius 3 is 2.64 bits per heavy atom. The Hall–Kier alpha value is -4.86. The standard InChI is InChI=1S/C26H21FN8O/c1-13(2)31-18-6-15(10-28-12-18)16-8-21-23(34-35-24(21)30-11-16)26-32-22-20(3-4-29-25(22)33-26)14-5-17(27)9-19(36)7-14/h3-13,31,36H,1-2H3,(H,29,32,33)(H,30,34,35). The van der Waals surface area contributed by atoms with Crippen molar-refractivity contribution in [3.05, 3.63) is 67.0 Å². The van der Waals surface area contributed by atoms with Gasteiger partial charge in [0.05, 0.1) is 11.1 Å². The molecule has 0 radical (unpaired) electrons. The summed E-state index contributed by atoms with van der Waals surface area (Å²) < 4.78 is 13.9. The van der Waals surface area contributed by atoms with Crippen molar-refractivity contribution in [3.63, 3.8) is 0 Å². The number of H-pyrrole nitrogens is 2. The molecule has 5 aromatic heterocycles. The maximum absolute atomic E-state index is 13.9. The smallest absolute Gasteiger partial charge is 0.161 e. The molecule has 178 valence electrons. The summed E-state index contributed by atoms with van der Waals surface area (Å²) in [5.74, 6) is -0.210. The number of fused-ring (bicyclic) bond motifs is 2. The Morgan fingerprint density at radius 2 is 1.81 bits per heavy atom. The Kier molecular flexibility index (Phi) is 5.06. The maximum atomic E-state index is 13.9. The van der Waals surface area contributed by atoms with E-state index in [0.717, 1.165) is 28.3 Å². The number of hydrogen-bond acceptors (Lipinski definition) is 7. The van der Waals surface area contributed by atoms with Gasteiger partial charge in [-0.3, -0.25) is 10.1 Å². The monoisotopic (exact) mass is 480 g/mol. The van der Waals surface area contributed by atoms with Crippen molar-refractivity contribution in [2.45, 2.75) is 19.9 Å². The van der Waals surface area contributed by atoms with Gasteiger partial charge in [-0.1, -0.05) is 0 Å². The quantitative estimate of drug-likeness (QED) is 0.264. The molecule has 0 saturated carbocycles. The van der Waals surface area contributed by atoms with Crippen molar-refractivity contribution >= 4 is 27.9 Å². The Bertz CT molecular complexity index is 1720. The van der Waals surface area contributed by atoms with Gasteiger partial charge in [0, 0.05) is 53.6 Å². The highest BCUT2D eigenvalue weighted by Crippen LogP contribution is 2.33. The number of phenolic OH excluding ortho intramolecular Hbond substituents is 1. The lowest BCUT2D eigenvalue weighted by Gasteiger charge is -2.10. The molecular formula is C26H21FN8O. The first-order valence-electron chi connectivity index (χ1n) is 11.4. The largest absolute Gasteiger partial charge is 0.508 e. The van der Waals surface area contributed by atoms with Crippen LogP contribution in [0.5, 0.6) is 5.75 Å². The van der Waals surface area contributed by atoms with Crippen LogP contribution in [0.3, 0.4) is 0 Å². The Balaban J connectivity index is 1.45. The van der Waals surface area contributed by atoms with Crippen LogP contribution in [0.15, 0.2) is 61.2 Å². The number of halogens is 1. The van der Waals surface area contributed by atoms with E-state index < -0.39 is 5.82 Å². The van der Waals surface area contributed by atoms with Crippen LogP contribution >= 0.6 is 0 Å². The number of aromatic nitrogens is 7. The highest BCUT2D eigenvalue weighted by atomic mass is 19.1. The van der Waals surface area contributed by atoms with Crippen LogP contribution in [-0.4, -0.2) is 46.3 Å². The molecule has 0 bridgehead atoms. The van der Waals surface area contributed by atoms with E-state index in [9.17, 15) is 9.50 Å². The van der Waals surface area contributed by atoms with Crippen molar-refractivity contribution in [1.29, 1.82) is 0 Å². The summed E-state index contributed by atoms with van der Waals surface area (Å²) in [6.07, 6.45) is 6.96. The van der Waals surface area contributed by atoms with E-state index in [0.29, 0.717) is 39.5 Å². The number of hydrogen-bond donors (Lipinski definition) is 4. The fraction of sp³-hybridized carbons (Fsp3) is 0.115. The first kappa shape index (κ1) is 21.7. The number of imidazole rings is 1. The summed E-state index contributed by atoms with van der Waals surface area (Å²) in [6, 6.07) is 9.93. The van der Waals surface area contributed by atoms with Gasteiger partial charge in [-0.2, -0.15) is 5.10 Å². The van der Waals surface area contributed by atoms with E-state index in [-0.39, 0.29) is 11.8 Å². The van der Waals surface area contributed by atoms with Gasteiger partial charge in [0.1, 0.15) is 22.8 Å². The second-order valence-corrected chi connectivity index (χ2v) is 8.79. The number of pyridine rings is 3. The van der Waals surface area contributed by atoms with Crippen molar-refractivity contribution in [3.8, 4) is 39.5 Å². The lowest BCUT2D eigenvalue weighted by Crippen LogP contribution is -2.09. The molecule has 0 unspecified atom stereocenters. The normalized spacial score (nSPS) is 11.6. The fourth-order valence-corrected chi connectivity index (χ4v) is 4.24. The van der Waals surface area contributed by atoms with Crippen LogP contribution in [0, 0.1) is 5.82 Å². The van der Waals surface area contributed by atoms with Gasteiger partial charge in [-0.05, 0) is 49.7 Å². The van der Waals surface area contributed by atoms with Crippen LogP contribution < -0.4 is 5.32 Å². The molecule has 36 heavy (non-hydrogen) atoms. The van der Waals surface area contributed by atoms with Gasteiger partial charge >= 0.3 is 0 Å². The predicted octanol–water partition coefficient (Wildman–Crippen LogP) is 5.29. The summed E-state index contributed by atoms with van der Waals surface area (Å²) >= 11 is 0.